The summed E-state index contributed by atoms with van der Waals surface area (Å²) in [5.74, 6) is 0.0516. The Kier molecular flexibility index (Phi) is 5.30. The minimum absolute atomic E-state index is 0.189. The van der Waals surface area contributed by atoms with Gasteiger partial charge in [0.25, 0.3) is 0 Å². The summed E-state index contributed by atoms with van der Waals surface area (Å²) in [7, 11) is 0. The number of alkyl halides is 3. The first-order valence-corrected chi connectivity index (χ1v) is 7.92. The Morgan fingerprint density at radius 2 is 2.04 bits per heavy atom. The molecule has 0 radical (unpaired) electrons. The summed E-state index contributed by atoms with van der Waals surface area (Å²) in [6.45, 7) is 3.05. The Morgan fingerprint density at radius 3 is 2.62 bits per heavy atom. The van der Waals surface area contributed by atoms with Crippen LogP contribution in [0.5, 0.6) is 0 Å². The molecule has 24 heavy (non-hydrogen) atoms. The summed E-state index contributed by atoms with van der Waals surface area (Å²) in [4.78, 5) is 15.7. The molecular formula is C17H13F3N2OS. The number of benzene rings is 1. The van der Waals surface area contributed by atoms with Crippen molar-refractivity contribution in [2.45, 2.75) is 30.8 Å². The lowest BCUT2D eigenvalue weighted by Gasteiger charge is -2.10. The summed E-state index contributed by atoms with van der Waals surface area (Å²) in [5.41, 5.74) is 0.872. The molecule has 2 aromatic rings. The van der Waals surface area contributed by atoms with E-state index < -0.39 is 11.7 Å². The first-order valence-electron chi connectivity index (χ1n) is 6.94. The van der Waals surface area contributed by atoms with Crippen molar-refractivity contribution in [1.29, 1.82) is 5.26 Å². The number of aromatic nitrogens is 1. The molecule has 0 amide bonds. The molecule has 7 heteroatoms. The summed E-state index contributed by atoms with van der Waals surface area (Å²) in [6.07, 6.45) is -4.39. The van der Waals surface area contributed by atoms with Crippen molar-refractivity contribution in [1.82, 2.24) is 4.98 Å². The molecule has 0 spiro atoms. The molecule has 0 unspecified atom stereocenters. The molecule has 1 heterocycles. The van der Waals surface area contributed by atoms with E-state index in [0.29, 0.717) is 21.8 Å². The Bertz CT molecular complexity index is 826. The van der Waals surface area contributed by atoms with E-state index in [1.165, 1.54) is 30.8 Å². The monoisotopic (exact) mass is 350 g/mol. The van der Waals surface area contributed by atoms with Gasteiger partial charge in [0.2, 0.25) is 0 Å². The van der Waals surface area contributed by atoms with Crippen LogP contribution in [0.3, 0.4) is 0 Å². The number of aryl methyl sites for hydroxylation is 1. The van der Waals surface area contributed by atoms with Gasteiger partial charge in [-0.2, -0.15) is 18.4 Å². The van der Waals surface area contributed by atoms with E-state index in [0.717, 1.165) is 12.1 Å². The highest BCUT2D eigenvalue weighted by Gasteiger charge is 2.30. The number of hydrogen-bond donors (Lipinski definition) is 0. The molecule has 0 aliphatic heterocycles. The molecule has 1 aromatic heterocycles. The maximum atomic E-state index is 12.7. The van der Waals surface area contributed by atoms with Crippen LogP contribution in [-0.4, -0.2) is 10.8 Å². The molecule has 0 bridgehead atoms. The zero-order valence-corrected chi connectivity index (χ0v) is 13.8. The van der Waals surface area contributed by atoms with Gasteiger partial charge in [-0.1, -0.05) is 18.2 Å². The smallest absolute Gasteiger partial charge is 0.294 e. The fourth-order valence-corrected chi connectivity index (χ4v) is 3.06. The van der Waals surface area contributed by atoms with Crippen molar-refractivity contribution in [2.75, 3.05) is 0 Å². The summed E-state index contributed by atoms with van der Waals surface area (Å²) < 4.78 is 38.2. The number of rotatable bonds is 4. The van der Waals surface area contributed by atoms with Crippen molar-refractivity contribution >= 4 is 17.5 Å². The van der Waals surface area contributed by atoms with Crippen LogP contribution in [0.25, 0.3) is 0 Å². The second kappa shape index (κ2) is 7.05. The standard InChI is InChI=1S/C17H13F3N2OS/c1-10-15(11(2)23)7-13(8-21)16(22-10)24-9-12-4-3-5-14(6-12)17(18,19)20/h3-7H,9H2,1-2H3. The Balaban J connectivity index is 2.25. The molecular weight excluding hydrogens is 337 g/mol. The van der Waals surface area contributed by atoms with Gasteiger partial charge in [0, 0.05) is 17.0 Å². The number of thioether (sulfide) groups is 1. The van der Waals surface area contributed by atoms with E-state index in [-0.39, 0.29) is 17.1 Å². The lowest BCUT2D eigenvalue weighted by molar-refractivity contribution is -0.137. The summed E-state index contributed by atoms with van der Waals surface area (Å²) in [5, 5.41) is 9.60. The van der Waals surface area contributed by atoms with Crippen molar-refractivity contribution in [3.05, 3.63) is 58.3 Å². The first kappa shape index (κ1) is 18.0. The van der Waals surface area contributed by atoms with Crippen LogP contribution in [0, 0.1) is 18.3 Å². The third kappa shape index (κ3) is 4.15. The second-order valence-corrected chi connectivity index (χ2v) is 6.09. The number of ketones is 1. The van der Waals surface area contributed by atoms with E-state index in [2.05, 4.69) is 4.98 Å². The van der Waals surface area contributed by atoms with Gasteiger partial charge in [-0.05, 0) is 31.5 Å². The van der Waals surface area contributed by atoms with Gasteiger partial charge in [-0.25, -0.2) is 4.98 Å². The third-order valence-corrected chi connectivity index (χ3v) is 4.37. The largest absolute Gasteiger partial charge is 0.416 e. The lowest BCUT2D eigenvalue weighted by atomic mass is 10.1. The SMILES string of the molecule is CC(=O)c1cc(C#N)c(SCc2cccc(C(F)(F)F)c2)nc1C. The molecule has 0 saturated heterocycles. The Labute approximate surface area is 141 Å². The van der Waals surface area contributed by atoms with Crippen molar-refractivity contribution in [2.24, 2.45) is 0 Å². The number of nitriles is 1. The van der Waals surface area contributed by atoms with Gasteiger partial charge in [0.1, 0.15) is 11.1 Å². The predicted molar refractivity (Wildman–Crippen MR) is 84.7 cm³/mol. The van der Waals surface area contributed by atoms with Crippen LogP contribution < -0.4 is 0 Å². The van der Waals surface area contributed by atoms with E-state index in [4.69, 9.17) is 0 Å². The molecule has 0 N–H and O–H groups in total. The highest BCUT2D eigenvalue weighted by atomic mass is 32.2. The Morgan fingerprint density at radius 1 is 1.33 bits per heavy atom. The number of hydrogen-bond acceptors (Lipinski definition) is 4. The molecule has 0 atom stereocenters. The molecule has 0 fully saturated rings. The highest BCUT2D eigenvalue weighted by molar-refractivity contribution is 7.98. The molecule has 0 aliphatic rings. The average molecular weight is 350 g/mol. The number of pyridine rings is 1. The minimum Gasteiger partial charge on any atom is -0.294 e. The minimum atomic E-state index is -4.39. The number of carbonyl (C=O) groups is 1. The number of carbonyl (C=O) groups excluding carboxylic acids is 1. The van der Waals surface area contributed by atoms with Crippen LogP contribution >= 0.6 is 11.8 Å². The molecule has 0 saturated carbocycles. The van der Waals surface area contributed by atoms with Crippen LogP contribution in [0.4, 0.5) is 13.2 Å². The van der Waals surface area contributed by atoms with Crippen LogP contribution in [0.15, 0.2) is 35.4 Å². The van der Waals surface area contributed by atoms with E-state index in [9.17, 15) is 23.2 Å². The van der Waals surface area contributed by atoms with Gasteiger partial charge in [0.15, 0.2) is 5.78 Å². The Hall–Kier alpha value is -2.33. The molecule has 0 aliphatic carbocycles. The maximum absolute atomic E-state index is 12.7. The van der Waals surface area contributed by atoms with Crippen molar-refractivity contribution in [3.8, 4) is 6.07 Å². The maximum Gasteiger partial charge on any atom is 0.416 e. The summed E-state index contributed by atoms with van der Waals surface area (Å²) >= 11 is 1.17. The average Bonchev–Trinajstić information content (AvgIpc) is 2.52. The van der Waals surface area contributed by atoms with E-state index in [1.54, 1.807) is 13.0 Å². The normalized spacial score (nSPS) is 11.2. The van der Waals surface area contributed by atoms with Crippen molar-refractivity contribution in [3.63, 3.8) is 0 Å². The molecule has 3 nitrogen and oxygen atoms in total. The van der Waals surface area contributed by atoms with E-state index >= 15 is 0 Å². The molecule has 1 aromatic carbocycles. The van der Waals surface area contributed by atoms with Crippen molar-refractivity contribution < 1.29 is 18.0 Å². The summed E-state index contributed by atoms with van der Waals surface area (Å²) in [6, 6.07) is 8.47. The number of halogens is 3. The van der Waals surface area contributed by atoms with Crippen LogP contribution in [0.1, 0.15) is 39.7 Å². The van der Waals surface area contributed by atoms with Gasteiger partial charge < -0.3 is 0 Å². The quantitative estimate of drug-likeness (QED) is 0.588. The number of nitrogens with zero attached hydrogens (tertiary/aromatic N) is 2. The van der Waals surface area contributed by atoms with Gasteiger partial charge in [-0.15, -0.1) is 11.8 Å². The zero-order chi connectivity index (χ0) is 17.9. The lowest BCUT2D eigenvalue weighted by Crippen LogP contribution is -2.05. The first-order chi connectivity index (χ1) is 11.2. The number of Topliss-reactive ketones (excluding diaryl/α,β-unsaturated/α-hetero) is 1. The topological polar surface area (TPSA) is 53.8 Å². The zero-order valence-electron chi connectivity index (χ0n) is 12.9. The fourth-order valence-electron chi connectivity index (χ4n) is 2.12. The van der Waals surface area contributed by atoms with Gasteiger partial charge in [0.05, 0.1) is 11.1 Å². The molecule has 124 valence electrons. The fraction of sp³-hybridized carbons (Fsp3) is 0.235. The predicted octanol–water partition coefficient (Wildman–Crippen LogP) is 4.78. The second-order valence-electron chi connectivity index (χ2n) is 5.13. The van der Waals surface area contributed by atoms with Crippen LogP contribution in [0.2, 0.25) is 0 Å². The van der Waals surface area contributed by atoms with Gasteiger partial charge in [-0.3, -0.25) is 4.79 Å². The third-order valence-electron chi connectivity index (χ3n) is 3.31. The van der Waals surface area contributed by atoms with Gasteiger partial charge >= 0.3 is 6.18 Å². The molecule has 2 rings (SSSR count). The highest BCUT2D eigenvalue weighted by Crippen LogP contribution is 2.31. The van der Waals surface area contributed by atoms with Crippen LogP contribution in [-0.2, 0) is 11.9 Å². The van der Waals surface area contributed by atoms with E-state index in [1.807, 2.05) is 6.07 Å².